The van der Waals surface area contributed by atoms with Crippen molar-refractivity contribution in [2.24, 2.45) is 0 Å². The van der Waals surface area contributed by atoms with E-state index < -0.39 is 0 Å². The van der Waals surface area contributed by atoms with Crippen LogP contribution in [0.3, 0.4) is 0 Å². The molecule has 0 spiro atoms. The average Bonchev–Trinajstić information content (AvgIpc) is 3.17. The first-order valence-corrected chi connectivity index (χ1v) is 12.6. The molecular formula is C29H22ClNO4S. The van der Waals surface area contributed by atoms with Crippen LogP contribution >= 0.6 is 23.4 Å². The molecule has 0 N–H and O–H groups in total. The second kappa shape index (κ2) is 10.9. The van der Waals surface area contributed by atoms with E-state index in [0.29, 0.717) is 28.0 Å². The quantitative estimate of drug-likeness (QED) is 0.232. The van der Waals surface area contributed by atoms with E-state index in [1.807, 2.05) is 66.7 Å². The average molecular weight is 516 g/mol. The summed E-state index contributed by atoms with van der Waals surface area (Å²) in [5.74, 6) is 0.931. The first kappa shape index (κ1) is 24.0. The van der Waals surface area contributed by atoms with E-state index in [2.05, 4.69) is 0 Å². The Morgan fingerprint density at radius 2 is 1.58 bits per heavy atom. The summed E-state index contributed by atoms with van der Waals surface area (Å²) in [4.78, 5) is 27.4. The van der Waals surface area contributed by atoms with Crippen LogP contribution in [0, 0.1) is 0 Å². The molecule has 0 aromatic heterocycles. The number of carbonyl (C=O) groups is 2. The predicted octanol–water partition coefficient (Wildman–Crippen LogP) is 7.19. The first-order chi connectivity index (χ1) is 17.6. The molecule has 0 bridgehead atoms. The largest absolute Gasteiger partial charge is 0.492 e. The molecule has 5 nitrogen and oxygen atoms in total. The molecule has 1 aliphatic rings. The van der Waals surface area contributed by atoms with Crippen LogP contribution in [0.2, 0.25) is 5.02 Å². The Morgan fingerprint density at radius 1 is 0.833 bits per heavy atom. The summed E-state index contributed by atoms with van der Waals surface area (Å²) in [5, 5.41) is 2.25. The van der Waals surface area contributed by atoms with Gasteiger partial charge in [0.1, 0.15) is 24.7 Å². The van der Waals surface area contributed by atoms with Crippen molar-refractivity contribution in [3.8, 4) is 11.5 Å². The van der Waals surface area contributed by atoms with Crippen LogP contribution < -0.4 is 9.47 Å². The Labute approximate surface area is 218 Å². The Kier molecular flexibility index (Phi) is 7.26. The van der Waals surface area contributed by atoms with Gasteiger partial charge in [0.05, 0.1) is 11.4 Å². The molecule has 0 saturated carbocycles. The van der Waals surface area contributed by atoms with Gasteiger partial charge in [0.25, 0.3) is 11.1 Å². The van der Waals surface area contributed by atoms with Crippen molar-refractivity contribution in [3.63, 3.8) is 0 Å². The maximum Gasteiger partial charge on any atom is 0.293 e. The maximum absolute atomic E-state index is 13.1. The first-order valence-electron chi connectivity index (χ1n) is 11.4. The van der Waals surface area contributed by atoms with E-state index in [1.165, 1.54) is 4.90 Å². The topological polar surface area (TPSA) is 55.8 Å². The van der Waals surface area contributed by atoms with Gasteiger partial charge in [-0.1, -0.05) is 72.3 Å². The van der Waals surface area contributed by atoms with Crippen molar-refractivity contribution in [1.82, 2.24) is 4.90 Å². The third-order valence-corrected chi connectivity index (χ3v) is 6.87. The minimum atomic E-state index is -0.341. The number of nitrogens with zero attached hydrogens (tertiary/aromatic N) is 1. The predicted molar refractivity (Wildman–Crippen MR) is 144 cm³/mol. The molecule has 180 valence electrons. The summed E-state index contributed by atoms with van der Waals surface area (Å²) in [6.45, 7) is 0.730. The second-order valence-corrected chi connectivity index (χ2v) is 9.54. The third-order valence-electron chi connectivity index (χ3n) is 5.71. The smallest absolute Gasteiger partial charge is 0.293 e. The zero-order chi connectivity index (χ0) is 24.9. The Bertz CT molecular complexity index is 1440. The number of thioether (sulfide) groups is 1. The van der Waals surface area contributed by atoms with Gasteiger partial charge in [-0.25, -0.2) is 0 Å². The van der Waals surface area contributed by atoms with E-state index >= 15 is 0 Å². The molecule has 0 aliphatic carbocycles. The highest BCUT2D eigenvalue weighted by atomic mass is 35.5. The molecule has 5 rings (SSSR count). The summed E-state index contributed by atoms with van der Waals surface area (Å²) in [6.07, 6.45) is 1.76. The lowest BCUT2D eigenvalue weighted by atomic mass is 10.0. The van der Waals surface area contributed by atoms with Gasteiger partial charge in [-0.15, -0.1) is 0 Å². The molecular weight excluding hydrogens is 494 g/mol. The zero-order valence-electron chi connectivity index (χ0n) is 19.2. The van der Waals surface area contributed by atoms with Crippen LogP contribution in [0.4, 0.5) is 4.79 Å². The van der Waals surface area contributed by atoms with Gasteiger partial charge in [0.2, 0.25) is 0 Å². The molecule has 7 heteroatoms. The molecule has 0 unspecified atom stereocenters. The van der Waals surface area contributed by atoms with Gasteiger partial charge in [-0.05, 0) is 64.5 Å². The van der Waals surface area contributed by atoms with Crippen LogP contribution in [-0.4, -0.2) is 29.2 Å². The number of fused-ring (bicyclic) bond motifs is 1. The highest BCUT2D eigenvalue weighted by molar-refractivity contribution is 8.18. The molecule has 1 fully saturated rings. The number of hydrogen-bond donors (Lipinski definition) is 0. The molecule has 36 heavy (non-hydrogen) atoms. The second-order valence-electron chi connectivity index (χ2n) is 8.11. The fourth-order valence-electron chi connectivity index (χ4n) is 3.90. The zero-order valence-corrected chi connectivity index (χ0v) is 20.8. The molecule has 4 aromatic rings. The summed E-state index contributed by atoms with van der Waals surface area (Å²) >= 11 is 6.82. The molecule has 4 aromatic carbocycles. The van der Waals surface area contributed by atoms with E-state index in [4.69, 9.17) is 21.1 Å². The van der Waals surface area contributed by atoms with Crippen molar-refractivity contribution >= 4 is 51.4 Å². The lowest BCUT2D eigenvalue weighted by molar-refractivity contribution is -0.123. The van der Waals surface area contributed by atoms with Gasteiger partial charge in [0, 0.05) is 10.6 Å². The number of benzene rings is 4. The fourth-order valence-corrected chi connectivity index (χ4v) is 4.87. The molecule has 2 amide bonds. The van der Waals surface area contributed by atoms with E-state index in [-0.39, 0.29) is 24.3 Å². The van der Waals surface area contributed by atoms with E-state index in [0.717, 1.165) is 33.7 Å². The third kappa shape index (κ3) is 5.40. The normalized spacial score (nSPS) is 14.6. The van der Waals surface area contributed by atoms with Crippen molar-refractivity contribution in [2.75, 3.05) is 13.2 Å². The van der Waals surface area contributed by atoms with E-state index in [1.54, 1.807) is 30.3 Å². The molecule has 0 atom stereocenters. The monoisotopic (exact) mass is 515 g/mol. The highest BCUT2D eigenvalue weighted by Gasteiger charge is 2.35. The van der Waals surface area contributed by atoms with Crippen LogP contribution in [0.15, 0.2) is 95.9 Å². The standard InChI is InChI=1S/C29H22ClNO4S/c30-22-11-13-23(14-12-22)34-17-16-31-28(32)27(36-29(31)33)18-25-24-9-5-4-8-21(24)10-15-26(25)35-19-20-6-2-1-3-7-20/h1-15,18H,16-17,19H2/b27-18-. The minimum absolute atomic E-state index is 0.150. The van der Waals surface area contributed by atoms with Gasteiger partial charge in [0.15, 0.2) is 0 Å². The van der Waals surface area contributed by atoms with Gasteiger partial charge in [-0.2, -0.15) is 0 Å². The highest BCUT2D eigenvalue weighted by Crippen LogP contribution is 2.37. The van der Waals surface area contributed by atoms with Crippen molar-refractivity contribution < 1.29 is 19.1 Å². The molecule has 0 radical (unpaired) electrons. The van der Waals surface area contributed by atoms with Crippen LogP contribution in [0.1, 0.15) is 11.1 Å². The minimum Gasteiger partial charge on any atom is -0.492 e. The van der Waals surface area contributed by atoms with Crippen LogP contribution in [-0.2, 0) is 11.4 Å². The SMILES string of the molecule is O=C1S/C(=C\c2c(OCc3ccccc3)ccc3ccccc23)C(=O)N1CCOc1ccc(Cl)cc1. The molecule has 1 heterocycles. The van der Waals surface area contributed by atoms with Crippen molar-refractivity contribution in [3.05, 3.63) is 112 Å². The number of imide groups is 1. The van der Waals surface area contributed by atoms with Crippen LogP contribution in [0.25, 0.3) is 16.8 Å². The van der Waals surface area contributed by atoms with E-state index in [9.17, 15) is 9.59 Å². The number of halogens is 1. The number of amides is 2. The summed E-state index contributed by atoms with van der Waals surface area (Å²) in [6, 6.07) is 28.6. The fraction of sp³-hybridized carbons (Fsp3) is 0.103. The Balaban J connectivity index is 1.37. The molecule has 1 aliphatic heterocycles. The van der Waals surface area contributed by atoms with Gasteiger partial charge >= 0.3 is 0 Å². The Morgan fingerprint density at radius 3 is 2.39 bits per heavy atom. The summed E-state index contributed by atoms with van der Waals surface area (Å²) in [5.41, 5.74) is 1.81. The number of carbonyl (C=O) groups excluding carboxylic acids is 2. The lowest BCUT2D eigenvalue weighted by Crippen LogP contribution is -2.32. The lowest BCUT2D eigenvalue weighted by Gasteiger charge is -2.14. The van der Waals surface area contributed by atoms with Crippen LogP contribution in [0.5, 0.6) is 11.5 Å². The van der Waals surface area contributed by atoms with Crippen molar-refractivity contribution in [2.45, 2.75) is 6.61 Å². The number of ether oxygens (including phenoxy) is 2. The number of hydrogen-bond acceptors (Lipinski definition) is 5. The summed E-state index contributed by atoms with van der Waals surface area (Å²) in [7, 11) is 0. The Hall–Kier alpha value is -3.74. The maximum atomic E-state index is 13.1. The number of rotatable bonds is 8. The van der Waals surface area contributed by atoms with Gasteiger partial charge < -0.3 is 9.47 Å². The van der Waals surface area contributed by atoms with Crippen molar-refractivity contribution in [1.29, 1.82) is 0 Å². The summed E-state index contributed by atoms with van der Waals surface area (Å²) < 4.78 is 11.8. The molecule has 1 saturated heterocycles. The van der Waals surface area contributed by atoms with Gasteiger partial charge in [-0.3, -0.25) is 14.5 Å².